The molecule has 0 bridgehead atoms. The van der Waals surface area contributed by atoms with Crippen LogP contribution in [0.15, 0.2) is 18.2 Å². The molecule has 0 radical (unpaired) electrons. The van der Waals surface area contributed by atoms with E-state index in [1.165, 1.54) is 17.0 Å². The molecule has 118 valence electrons. The maximum Gasteiger partial charge on any atom is 0.0471 e. The molecule has 0 spiro atoms. The summed E-state index contributed by atoms with van der Waals surface area (Å²) >= 11 is 8.53. The largest absolute Gasteiger partial charge is 0.369 e. The molecule has 0 aliphatic carbocycles. The zero-order valence-corrected chi connectivity index (χ0v) is 15.4. The van der Waals surface area contributed by atoms with Crippen molar-refractivity contribution in [3.63, 3.8) is 0 Å². The number of thioether (sulfide) groups is 1. The molecule has 2 nitrogen and oxygen atoms in total. The molecule has 1 aromatic carbocycles. The normalized spacial score (nSPS) is 18.9. The van der Waals surface area contributed by atoms with Crippen LogP contribution in [-0.4, -0.2) is 29.1 Å². The minimum absolute atomic E-state index is 0.107. The van der Waals surface area contributed by atoms with Gasteiger partial charge in [0, 0.05) is 46.4 Å². The highest BCUT2D eigenvalue weighted by atomic mass is 35.5. The van der Waals surface area contributed by atoms with Gasteiger partial charge in [0.05, 0.1) is 0 Å². The Bertz CT molecular complexity index is 494. The van der Waals surface area contributed by atoms with Crippen LogP contribution >= 0.6 is 23.4 Å². The van der Waals surface area contributed by atoms with E-state index in [-0.39, 0.29) is 5.54 Å². The molecule has 0 atom stereocenters. The fourth-order valence-electron chi connectivity index (χ4n) is 2.47. The van der Waals surface area contributed by atoms with E-state index in [9.17, 15) is 0 Å². The fraction of sp³-hybridized carbons (Fsp3) is 0.647. The van der Waals surface area contributed by atoms with Crippen molar-refractivity contribution in [2.24, 2.45) is 0 Å². The van der Waals surface area contributed by atoms with E-state index in [4.69, 9.17) is 11.6 Å². The summed E-state index contributed by atoms with van der Waals surface area (Å²) in [6, 6.07) is 6.48. The topological polar surface area (TPSA) is 15.3 Å². The van der Waals surface area contributed by atoms with Crippen LogP contribution in [0.5, 0.6) is 0 Å². The Labute approximate surface area is 138 Å². The van der Waals surface area contributed by atoms with Gasteiger partial charge in [0.15, 0.2) is 0 Å². The van der Waals surface area contributed by atoms with Gasteiger partial charge in [-0.25, -0.2) is 0 Å². The SMILES string of the molecule is CC(C)(C)NCc1ccc(N2CCSC(C)(C)C2)cc1Cl. The highest BCUT2D eigenvalue weighted by Gasteiger charge is 2.27. The summed E-state index contributed by atoms with van der Waals surface area (Å²) < 4.78 is 0.317. The van der Waals surface area contributed by atoms with Crippen molar-refractivity contribution >= 4 is 29.1 Å². The first kappa shape index (κ1) is 17.0. The van der Waals surface area contributed by atoms with Gasteiger partial charge in [0.25, 0.3) is 0 Å². The van der Waals surface area contributed by atoms with Gasteiger partial charge in [-0.15, -0.1) is 0 Å². The van der Waals surface area contributed by atoms with E-state index in [0.29, 0.717) is 4.75 Å². The van der Waals surface area contributed by atoms with E-state index in [1.807, 2.05) is 0 Å². The van der Waals surface area contributed by atoms with Gasteiger partial charge in [-0.3, -0.25) is 0 Å². The van der Waals surface area contributed by atoms with E-state index in [0.717, 1.165) is 24.7 Å². The van der Waals surface area contributed by atoms with Crippen LogP contribution in [-0.2, 0) is 6.54 Å². The number of anilines is 1. The molecule has 1 saturated heterocycles. The molecule has 21 heavy (non-hydrogen) atoms. The molecule has 1 aliphatic rings. The lowest BCUT2D eigenvalue weighted by atomic mass is 10.1. The smallest absolute Gasteiger partial charge is 0.0471 e. The number of rotatable bonds is 3. The van der Waals surface area contributed by atoms with E-state index < -0.39 is 0 Å². The number of halogens is 1. The van der Waals surface area contributed by atoms with Crippen LogP contribution in [0.25, 0.3) is 0 Å². The van der Waals surface area contributed by atoms with Crippen molar-refractivity contribution in [2.75, 3.05) is 23.7 Å². The summed E-state index contributed by atoms with van der Waals surface area (Å²) in [4.78, 5) is 2.45. The summed E-state index contributed by atoms with van der Waals surface area (Å²) in [5, 5.41) is 4.35. The Morgan fingerprint density at radius 2 is 2.05 bits per heavy atom. The summed E-state index contributed by atoms with van der Waals surface area (Å²) in [6.45, 7) is 14.1. The minimum atomic E-state index is 0.107. The lowest BCUT2D eigenvalue weighted by Crippen LogP contribution is -2.43. The van der Waals surface area contributed by atoms with Gasteiger partial charge >= 0.3 is 0 Å². The minimum Gasteiger partial charge on any atom is -0.369 e. The first-order valence-corrected chi connectivity index (χ1v) is 8.95. The molecule has 2 rings (SSSR count). The summed E-state index contributed by atoms with van der Waals surface area (Å²) in [6.07, 6.45) is 0. The molecule has 1 heterocycles. The predicted octanol–water partition coefficient (Wildman–Crippen LogP) is 4.56. The number of benzene rings is 1. The molecular formula is C17H27ClN2S. The second-order valence-electron chi connectivity index (χ2n) is 7.41. The average molecular weight is 327 g/mol. The zero-order valence-electron chi connectivity index (χ0n) is 13.8. The molecular weight excluding hydrogens is 300 g/mol. The van der Waals surface area contributed by atoms with Crippen LogP contribution in [0.3, 0.4) is 0 Å². The molecule has 0 saturated carbocycles. The Morgan fingerprint density at radius 1 is 1.33 bits per heavy atom. The number of hydrogen-bond acceptors (Lipinski definition) is 3. The second-order valence-corrected chi connectivity index (χ2v) is 9.62. The van der Waals surface area contributed by atoms with Gasteiger partial charge in [-0.2, -0.15) is 11.8 Å². The van der Waals surface area contributed by atoms with Crippen molar-refractivity contribution in [3.05, 3.63) is 28.8 Å². The fourth-order valence-corrected chi connectivity index (χ4v) is 3.83. The van der Waals surface area contributed by atoms with Crippen molar-refractivity contribution in [3.8, 4) is 0 Å². The lowest BCUT2D eigenvalue weighted by Gasteiger charge is -2.39. The molecule has 0 unspecified atom stereocenters. The van der Waals surface area contributed by atoms with Gasteiger partial charge in [-0.1, -0.05) is 17.7 Å². The highest BCUT2D eigenvalue weighted by Crippen LogP contribution is 2.33. The molecule has 4 heteroatoms. The predicted molar refractivity (Wildman–Crippen MR) is 96.8 cm³/mol. The second kappa shape index (κ2) is 6.39. The van der Waals surface area contributed by atoms with Crippen molar-refractivity contribution in [1.29, 1.82) is 0 Å². The summed E-state index contributed by atoms with van der Waals surface area (Å²) in [7, 11) is 0. The first-order chi connectivity index (χ1) is 9.66. The van der Waals surface area contributed by atoms with Crippen molar-refractivity contribution in [2.45, 2.75) is 51.4 Å². The van der Waals surface area contributed by atoms with E-state index in [2.05, 4.69) is 74.8 Å². The van der Waals surface area contributed by atoms with E-state index >= 15 is 0 Å². The Balaban J connectivity index is 2.08. The molecule has 1 aliphatic heterocycles. The third-order valence-corrected chi connectivity index (χ3v) is 5.29. The Kier molecular flexibility index (Phi) is 5.17. The third-order valence-electron chi connectivity index (χ3n) is 3.64. The Morgan fingerprint density at radius 3 is 2.62 bits per heavy atom. The summed E-state index contributed by atoms with van der Waals surface area (Å²) in [5.41, 5.74) is 2.52. The third kappa shape index (κ3) is 5.08. The quantitative estimate of drug-likeness (QED) is 0.876. The van der Waals surface area contributed by atoms with E-state index in [1.54, 1.807) is 0 Å². The maximum absolute atomic E-state index is 6.48. The molecule has 0 aromatic heterocycles. The van der Waals surface area contributed by atoms with Crippen molar-refractivity contribution in [1.82, 2.24) is 5.32 Å². The van der Waals surface area contributed by atoms with Crippen LogP contribution in [0.4, 0.5) is 5.69 Å². The highest BCUT2D eigenvalue weighted by molar-refractivity contribution is 8.00. The van der Waals surface area contributed by atoms with Crippen LogP contribution in [0, 0.1) is 0 Å². The van der Waals surface area contributed by atoms with Gasteiger partial charge < -0.3 is 10.2 Å². The van der Waals surface area contributed by atoms with Crippen LogP contribution in [0.2, 0.25) is 5.02 Å². The number of nitrogens with zero attached hydrogens (tertiary/aromatic N) is 1. The molecule has 0 amide bonds. The van der Waals surface area contributed by atoms with Gasteiger partial charge in [-0.05, 0) is 52.3 Å². The van der Waals surface area contributed by atoms with Crippen LogP contribution < -0.4 is 10.2 Å². The van der Waals surface area contributed by atoms with Gasteiger partial charge in [0.2, 0.25) is 0 Å². The lowest BCUT2D eigenvalue weighted by molar-refractivity contribution is 0.424. The molecule has 1 N–H and O–H groups in total. The number of nitrogens with one attached hydrogen (secondary N) is 1. The van der Waals surface area contributed by atoms with Crippen molar-refractivity contribution < 1.29 is 0 Å². The average Bonchev–Trinajstić information content (AvgIpc) is 2.35. The standard InChI is InChI=1S/C17H27ClN2S/c1-16(2,3)19-11-13-6-7-14(10-15(13)18)20-8-9-21-17(4,5)12-20/h6-7,10,19H,8-9,11-12H2,1-5H3. The zero-order chi connectivity index (χ0) is 15.7. The van der Waals surface area contributed by atoms with Crippen LogP contribution in [0.1, 0.15) is 40.2 Å². The molecule has 1 fully saturated rings. The monoisotopic (exact) mass is 326 g/mol. The number of hydrogen-bond donors (Lipinski definition) is 1. The first-order valence-electron chi connectivity index (χ1n) is 7.59. The molecule has 1 aromatic rings. The van der Waals surface area contributed by atoms with Gasteiger partial charge in [0.1, 0.15) is 0 Å². The summed E-state index contributed by atoms with van der Waals surface area (Å²) in [5.74, 6) is 1.18. The Hall–Kier alpha value is -0.380. The maximum atomic E-state index is 6.48.